The van der Waals surface area contributed by atoms with Crippen LogP contribution in [-0.2, 0) is 0 Å². The summed E-state index contributed by atoms with van der Waals surface area (Å²) in [7, 11) is 0. The molecule has 0 fully saturated rings. The summed E-state index contributed by atoms with van der Waals surface area (Å²) in [6, 6.07) is 21.2. The van der Waals surface area contributed by atoms with Gasteiger partial charge in [0.1, 0.15) is 11.5 Å². The monoisotopic (exact) mass is 473 g/mol. The van der Waals surface area contributed by atoms with E-state index in [4.69, 9.17) is 9.72 Å². The Morgan fingerprint density at radius 3 is 2.21 bits per heavy atom. The van der Waals surface area contributed by atoms with Crippen molar-refractivity contribution in [3.8, 4) is 11.5 Å². The number of hydrogen-bond acceptors (Lipinski definition) is 5. The van der Waals surface area contributed by atoms with Crippen molar-refractivity contribution >= 4 is 32.6 Å². The fraction of sp³-hybridized carbons (Fsp3) is 0.286. The Kier molecular flexibility index (Phi) is 7.60. The highest BCUT2D eigenvalue weighted by molar-refractivity contribution is 7.22. The molecule has 34 heavy (non-hydrogen) atoms. The zero-order chi connectivity index (χ0) is 24.1. The van der Waals surface area contributed by atoms with Crippen LogP contribution in [0.4, 0.5) is 5.13 Å². The number of thiazole rings is 1. The number of hydrogen-bond donors (Lipinski definition) is 0. The molecule has 0 aliphatic carbocycles. The van der Waals surface area contributed by atoms with Crippen LogP contribution >= 0.6 is 11.3 Å². The van der Waals surface area contributed by atoms with E-state index in [-0.39, 0.29) is 5.91 Å². The predicted octanol–water partition coefficient (Wildman–Crippen LogP) is 6.69. The van der Waals surface area contributed by atoms with E-state index in [1.807, 2.05) is 59.5 Å². The second-order valence-electron chi connectivity index (χ2n) is 8.32. The third-order valence-corrected chi connectivity index (χ3v) is 7.12. The molecule has 0 spiro atoms. The fourth-order valence-electron chi connectivity index (χ4n) is 3.79. The SMILES string of the molecule is CCN(CC)CCN(C(=O)c1ccc(Oc2ccccc2)cc1)c1nc2cc(C)c(C)cc2s1. The van der Waals surface area contributed by atoms with Gasteiger partial charge >= 0.3 is 0 Å². The quantitative estimate of drug-likeness (QED) is 0.272. The van der Waals surface area contributed by atoms with Gasteiger partial charge < -0.3 is 9.64 Å². The minimum atomic E-state index is -0.0501. The third-order valence-electron chi connectivity index (χ3n) is 6.08. The van der Waals surface area contributed by atoms with Gasteiger partial charge in [0.15, 0.2) is 5.13 Å². The first-order chi connectivity index (χ1) is 16.5. The zero-order valence-electron chi connectivity index (χ0n) is 20.2. The van der Waals surface area contributed by atoms with Crippen molar-refractivity contribution in [2.75, 3.05) is 31.1 Å². The van der Waals surface area contributed by atoms with Gasteiger partial charge in [-0.1, -0.05) is 43.4 Å². The second kappa shape index (κ2) is 10.8. The zero-order valence-corrected chi connectivity index (χ0v) is 21.1. The Morgan fingerprint density at radius 1 is 0.882 bits per heavy atom. The normalized spacial score (nSPS) is 11.2. The Morgan fingerprint density at radius 2 is 1.53 bits per heavy atom. The number of nitrogens with zero attached hydrogens (tertiary/aromatic N) is 3. The van der Waals surface area contributed by atoms with Crippen molar-refractivity contribution in [1.29, 1.82) is 0 Å². The molecular formula is C28H31N3O2S. The van der Waals surface area contributed by atoms with Crippen LogP contribution in [0.5, 0.6) is 11.5 Å². The van der Waals surface area contributed by atoms with Gasteiger partial charge in [0.2, 0.25) is 0 Å². The van der Waals surface area contributed by atoms with E-state index in [1.165, 1.54) is 11.1 Å². The van der Waals surface area contributed by atoms with Gasteiger partial charge in [0.25, 0.3) is 5.91 Å². The number of anilines is 1. The van der Waals surface area contributed by atoms with Gasteiger partial charge in [-0.15, -0.1) is 0 Å². The molecule has 0 radical (unpaired) electrons. The smallest absolute Gasteiger partial charge is 0.260 e. The van der Waals surface area contributed by atoms with Gasteiger partial charge in [-0.2, -0.15) is 0 Å². The molecule has 176 valence electrons. The summed E-state index contributed by atoms with van der Waals surface area (Å²) in [5, 5.41) is 0.738. The van der Waals surface area contributed by atoms with Gasteiger partial charge in [-0.25, -0.2) is 4.98 Å². The molecule has 0 unspecified atom stereocenters. The van der Waals surface area contributed by atoms with Crippen LogP contribution in [0, 0.1) is 13.8 Å². The summed E-state index contributed by atoms with van der Waals surface area (Å²) < 4.78 is 6.99. The number of benzene rings is 3. The maximum absolute atomic E-state index is 13.6. The minimum Gasteiger partial charge on any atom is -0.457 e. The number of likely N-dealkylation sites (N-methyl/N-ethyl adjacent to an activating group) is 1. The van der Waals surface area contributed by atoms with E-state index in [0.717, 1.165) is 40.7 Å². The van der Waals surface area contributed by atoms with Crippen molar-refractivity contribution < 1.29 is 9.53 Å². The Balaban J connectivity index is 1.61. The number of rotatable bonds is 9. The molecule has 0 aliphatic heterocycles. The predicted molar refractivity (Wildman–Crippen MR) is 142 cm³/mol. The lowest BCUT2D eigenvalue weighted by atomic mass is 10.1. The van der Waals surface area contributed by atoms with Crippen LogP contribution < -0.4 is 9.64 Å². The van der Waals surface area contributed by atoms with Crippen molar-refractivity contribution in [2.24, 2.45) is 0 Å². The first-order valence-electron chi connectivity index (χ1n) is 11.7. The second-order valence-corrected chi connectivity index (χ2v) is 9.33. The molecule has 1 heterocycles. The lowest BCUT2D eigenvalue weighted by Crippen LogP contribution is -2.38. The van der Waals surface area contributed by atoms with Crippen LogP contribution in [-0.4, -0.2) is 42.0 Å². The highest BCUT2D eigenvalue weighted by Gasteiger charge is 2.22. The van der Waals surface area contributed by atoms with E-state index in [9.17, 15) is 4.79 Å². The third kappa shape index (κ3) is 5.46. The van der Waals surface area contributed by atoms with Crippen molar-refractivity contribution in [2.45, 2.75) is 27.7 Å². The molecule has 0 atom stereocenters. The van der Waals surface area contributed by atoms with Gasteiger partial charge in [0, 0.05) is 18.7 Å². The highest BCUT2D eigenvalue weighted by Crippen LogP contribution is 2.32. The topological polar surface area (TPSA) is 45.7 Å². The molecule has 0 saturated carbocycles. The molecule has 0 aliphatic rings. The van der Waals surface area contributed by atoms with Crippen LogP contribution in [0.2, 0.25) is 0 Å². The number of para-hydroxylation sites is 1. The minimum absolute atomic E-state index is 0.0501. The first kappa shape index (κ1) is 23.9. The van der Waals surface area contributed by atoms with Crippen LogP contribution in [0.1, 0.15) is 35.3 Å². The molecule has 0 bridgehead atoms. The van der Waals surface area contributed by atoms with Crippen LogP contribution in [0.25, 0.3) is 10.2 Å². The maximum Gasteiger partial charge on any atom is 0.260 e. The number of aryl methyl sites for hydroxylation is 2. The standard InChI is InChI=1S/C28H31N3O2S/c1-5-30(6-2)16-17-31(28-29-25-18-20(3)21(4)19-26(25)34-28)27(32)22-12-14-24(15-13-22)33-23-10-8-7-9-11-23/h7-15,18-19H,5-6,16-17H2,1-4H3. The van der Waals surface area contributed by atoms with Gasteiger partial charge in [0.05, 0.1) is 10.2 Å². The molecule has 3 aromatic carbocycles. The Labute approximate surface area is 205 Å². The highest BCUT2D eigenvalue weighted by atomic mass is 32.1. The molecule has 1 aromatic heterocycles. The Hall–Kier alpha value is -3.22. The van der Waals surface area contributed by atoms with Crippen molar-refractivity contribution in [1.82, 2.24) is 9.88 Å². The Bertz CT molecular complexity index is 1210. The maximum atomic E-state index is 13.6. The molecule has 6 heteroatoms. The summed E-state index contributed by atoms with van der Waals surface area (Å²) in [6.07, 6.45) is 0. The molecule has 4 aromatic rings. The molecule has 5 nitrogen and oxygen atoms in total. The molecule has 0 saturated heterocycles. The average Bonchev–Trinajstić information content (AvgIpc) is 3.25. The number of fused-ring (bicyclic) bond motifs is 1. The van der Waals surface area contributed by atoms with E-state index < -0.39 is 0 Å². The number of ether oxygens (including phenoxy) is 1. The number of amides is 1. The molecule has 1 amide bonds. The van der Waals surface area contributed by atoms with E-state index in [1.54, 1.807) is 11.3 Å². The largest absolute Gasteiger partial charge is 0.457 e. The summed E-state index contributed by atoms with van der Waals surface area (Å²) >= 11 is 1.57. The number of aromatic nitrogens is 1. The molecular weight excluding hydrogens is 442 g/mol. The van der Waals surface area contributed by atoms with E-state index in [2.05, 4.69) is 44.7 Å². The lowest BCUT2D eigenvalue weighted by Gasteiger charge is -2.24. The fourth-order valence-corrected chi connectivity index (χ4v) is 4.86. The van der Waals surface area contributed by atoms with E-state index >= 15 is 0 Å². The van der Waals surface area contributed by atoms with Crippen LogP contribution in [0.3, 0.4) is 0 Å². The summed E-state index contributed by atoms with van der Waals surface area (Å²) in [4.78, 5) is 22.6. The molecule has 0 N–H and O–H groups in total. The van der Waals surface area contributed by atoms with Gasteiger partial charge in [-0.05, 0) is 86.6 Å². The van der Waals surface area contributed by atoms with E-state index in [0.29, 0.717) is 17.9 Å². The number of carbonyl (C=O) groups is 1. The molecule has 4 rings (SSSR count). The lowest BCUT2D eigenvalue weighted by molar-refractivity contribution is 0.0984. The first-order valence-corrected chi connectivity index (χ1v) is 12.5. The van der Waals surface area contributed by atoms with Crippen LogP contribution in [0.15, 0.2) is 66.7 Å². The summed E-state index contributed by atoms with van der Waals surface area (Å²) in [6.45, 7) is 11.8. The van der Waals surface area contributed by atoms with Crippen molar-refractivity contribution in [3.05, 3.63) is 83.4 Å². The summed E-state index contributed by atoms with van der Waals surface area (Å²) in [5.41, 5.74) is 4.00. The average molecular weight is 474 g/mol. The van der Waals surface area contributed by atoms with Crippen molar-refractivity contribution in [3.63, 3.8) is 0 Å². The number of carbonyl (C=O) groups excluding carboxylic acids is 1. The summed E-state index contributed by atoms with van der Waals surface area (Å²) in [5.74, 6) is 1.41. The van der Waals surface area contributed by atoms with Gasteiger partial charge in [-0.3, -0.25) is 9.69 Å².